The summed E-state index contributed by atoms with van der Waals surface area (Å²) in [5, 5.41) is 41.6. The molecule has 0 unspecified atom stereocenters. The molecule has 4 N–H and O–H groups in total. The van der Waals surface area contributed by atoms with E-state index in [0.29, 0.717) is 102 Å². The Morgan fingerprint density at radius 1 is 0.557 bits per heavy atom. The van der Waals surface area contributed by atoms with Crippen LogP contribution in [-0.4, -0.2) is 203 Å². The first-order chi connectivity index (χ1) is 33.3. The Labute approximate surface area is 410 Å². The molecule has 8 atom stereocenters. The lowest BCUT2D eigenvalue weighted by Gasteiger charge is -2.45. The third-order valence-corrected chi connectivity index (χ3v) is 18.4. The van der Waals surface area contributed by atoms with Gasteiger partial charge in [-0.2, -0.15) is 8.61 Å². The van der Waals surface area contributed by atoms with Gasteiger partial charge in [0.1, 0.15) is 0 Å². The molecule has 0 radical (unpaired) electrons. The zero-order valence-electron chi connectivity index (χ0n) is 40.1. The number of anilines is 2. The van der Waals surface area contributed by atoms with E-state index in [1.54, 1.807) is 113 Å². The highest BCUT2D eigenvalue weighted by molar-refractivity contribution is 7.89. The number of aromatic nitrogens is 4. The smallest absolute Gasteiger partial charge is 0.243 e. The third-order valence-electron chi connectivity index (χ3n) is 14.6. The average Bonchev–Trinajstić information content (AvgIpc) is 3.59. The second-order valence-corrected chi connectivity index (χ2v) is 24.1. The number of piperazine rings is 2. The molecule has 4 bridgehead atoms. The Kier molecular flexibility index (Phi) is 14.7. The van der Waals surface area contributed by atoms with Crippen LogP contribution in [0.5, 0.6) is 0 Å². The molecule has 0 aliphatic carbocycles. The number of ether oxygens (including phenoxy) is 2. The number of hydrogen-bond donors (Lipinski definition) is 4. The predicted molar refractivity (Wildman–Crippen MR) is 259 cm³/mol. The van der Waals surface area contributed by atoms with Gasteiger partial charge >= 0.3 is 0 Å². The van der Waals surface area contributed by atoms with Crippen LogP contribution in [0.1, 0.15) is 51.7 Å². The Hall–Kier alpha value is -4.30. The molecule has 10 rings (SSSR count). The number of morpholine rings is 2. The van der Waals surface area contributed by atoms with E-state index in [1.165, 1.54) is 8.61 Å². The molecule has 4 aromatic rings. The quantitative estimate of drug-likeness (QED) is 0.154. The summed E-state index contributed by atoms with van der Waals surface area (Å²) < 4.78 is 68.0. The van der Waals surface area contributed by atoms with Gasteiger partial charge in [0.25, 0.3) is 0 Å². The molecule has 0 spiro atoms. The van der Waals surface area contributed by atoms with Gasteiger partial charge in [-0.3, -0.25) is 9.80 Å². The van der Waals surface area contributed by atoms with Crippen molar-refractivity contribution in [3.63, 3.8) is 0 Å². The third kappa shape index (κ3) is 10.6. The minimum atomic E-state index is -3.65. The van der Waals surface area contributed by atoms with E-state index in [4.69, 9.17) is 9.47 Å². The number of rotatable bonds is 12. The van der Waals surface area contributed by atoms with Gasteiger partial charge in [0.15, 0.2) is 0 Å². The van der Waals surface area contributed by atoms with Gasteiger partial charge in [0, 0.05) is 100 Å². The second kappa shape index (κ2) is 20.3. The fourth-order valence-electron chi connectivity index (χ4n) is 10.6. The van der Waals surface area contributed by atoms with Crippen LogP contribution < -0.4 is 9.80 Å². The number of hydrogen-bond acceptors (Lipinski definition) is 18. The van der Waals surface area contributed by atoms with Crippen LogP contribution in [0.25, 0.3) is 0 Å². The van der Waals surface area contributed by atoms with E-state index in [1.807, 2.05) is 9.80 Å². The summed E-state index contributed by atoms with van der Waals surface area (Å²) in [6.07, 6.45) is 6.88. The first-order valence-electron chi connectivity index (χ1n) is 24.1. The van der Waals surface area contributed by atoms with E-state index >= 15 is 0 Å². The maximum absolute atomic E-state index is 13.4. The number of aliphatic hydroxyl groups is 4. The lowest BCUT2D eigenvalue weighted by molar-refractivity contribution is -0.0346. The van der Waals surface area contributed by atoms with Crippen molar-refractivity contribution < 1.29 is 46.7 Å². The van der Waals surface area contributed by atoms with Crippen molar-refractivity contribution in [1.82, 2.24) is 38.3 Å². The summed E-state index contributed by atoms with van der Waals surface area (Å²) in [5.74, 6) is 1.00. The first kappa shape index (κ1) is 50.6. The Morgan fingerprint density at radius 2 is 0.914 bits per heavy atom. The summed E-state index contributed by atoms with van der Waals surface area (Å²) in [6, 6.07) is 16.5. The molecular weight excluding hydrogens is 941 g/mol. The van der Waals surface area contributed by atoms with Gasteiger partial charge in [0.05, 0.1) is 83.8 Å². The summed E-state index contributed by atoms with van der Waals surface area (Å²) in [6.45, 7) is 11.9. The molecule has 6 aliphatic rings. The summed E-state index contributed by atoms with van der Waals surface area (Å²) in [5.41, 5.74) is -0.887. The maximum atomic E-state index is 13.4. The van der Waals surface area contributed by atoms with Gasteiger partial charge < -0.3 is 39.7 Å². The van der Waals surface area contributed by atoms with Crippen molar-refractivity contribution in [2.24, 2.45) is 0 Å². The van der Waals surface area contributed by atoms with Crippen LogP contribution in [0.2, 0.25) is 0 Å². The number of benzene rings is 2. The van der Waals surface area contributed by atoms with Crippen LogP contribution in [0.15, 0.2) is 95.2 Å². The maximum Gasteiger partial charge on any atom is 0.243 e. The van der Waals surface area contributed by atoms with Gasteiger partial charge in [-0.15, -0.1) is 0 Å². The van der Waals surface area contributed by atoms with E-state index in [9.17, 15) is 37.3 Å². The fraction of sp³-hybridized carbons (Fsp3) is 0.583. The van der Waals surface area contributed by atoms with Gasteiger partial charge in [-0.25, -0.2) is 36.8 Å². The Balaban J connectivity index is 0.000000174. The number of aliphatic hydroxyl groups excluding tert-OH is 2. The van der Waals surface area contributed by atoms with Crippen LogP contribution in [0, 0.1) is 0 Å². The zero-order chi connectivity index (χ0) is 49.6. The van der Waals surface area contributed by atoms with E-state index < -0.39 is 43.5 Å². The van der Waals surface area contributed by atoms with Gasteiger partial charge in [-0.1, -0.05) is 36.4 Å². The van der Waals surface area contributed by atoms with Crippen molar-refractivity contribution in [2.45, 2.75) is 110 Å². The molecule has 2 aromatic heterocycles. The average molecular weight is 1010 g/mol. The standard InChI is InChI=1S/2C24H33N5O5S/c2*1-24(2,31)17-11-25-23(26-12-17)28-9-8-27(35(32,33)20-6-4-3-5-7-20)13-19(28)14-29-18-10-22(30)21(29)16-34-15-18/h2*3-7,11-12,18-19,21-22,30-31H,8-10,13-16H2,1-2H3/t18-,19+,21-,22-;18-,19-,21-,22-/m01/s1. The minimum absolute atomic E-state index is 0.102. The predicted octanol–water partition coefficient (Wildman–Crippen LogP) is 0.835. The molecule has 380 valence electrons. The largest absolute Gasteiger partial charge is 0.391 e. The molecule has 8 heterocycles. The fourth-order valence-corrected chi connectivity index (χ4v) is 13.5. The van der Waals surface area contributed by atoms with Crippen LogP contribution in [0.4, 0.5) is 11.9 Å². The first-order valence-corrected chi connectivity index (χ1v) is 26.9. The highest BCUT2D eigenvalue weighted by Crippen LogP contribution is 2.34. The Morgan fingerprint density at radius 3 is 1.24 bits per heavy atom. The molecular formula is C48H66N10O10S2. The normalized spacial score (nSPS) is 28.4. The molecule has 6 fully saturated rings. The van der Waals surface area contributed by atoms with E-state index in [2.05, 4.69) is 29.7 Å². The lowest BCUT2D eigenvalue weighted by atomic mass is 10.0. The van der Waals surface area contributed by atoms with Gasteiger partial charge in [-0.05, 0) is 64.8 Å². The molecule has 22 heteroatoms. The highest BCUT2D eigenvalue weighted by Gasteiger charge is 2.48. The van der Waals surface area contributed by atoms with Crippen LogP contribution >= 0.6 is 0 Å². The van der Waals surface area contributed by atoms with Crippen molar-refractivity contribution in [1.29, 1.82) is 0 Å². The van der Waals surface area contributed by atoms with Gasteiger partial charge in [0.2, 0.25) is 31.9 Å². The number of nitrogens with zero attached hydrogens (tertiary/aromatic N) is 10. The number of fused-ring (bicyclic) bond motifs is 4. The molecule has 20 nitrogen and oxygen atoms in total. The van der Waals surface area contributed by atoms with Crippen molar-refractivity contribution >= 4 is 31.9 Å². The van der Waals surface area contributed by atoms with Crippen molar-refractivity contribution in [3.8, 4) is 0 Å². The molecule has 0 amide bonds. The minimum Gasteiger partial charge on any atom is -0.391 e. The Bertz CT molecular complexity index is 2430. The summed E-state index contributed by atoms with van der Waals surface area (Å²) in [7, 11) is -7.30. The highest BCUT2D eigenvalue weighted by atomic mass is 32.2. The summed E-state index contributed by atoms with van der Waals surface area (Å²) >= 11 is 0. The van der Waals surface area contributed by atoms with E-state index in [0.717, 1.165) is 0 Å². The molecule has 0 saturated carbocycles. The van der Waals surface area contributed by atoms with E-state index in [-0.39, 0.29) is 59.1 Å². The van der Waals surface area contributed by atoms with Crippen LogP contribution in [0.3, 0.4) is 0 Å². The topological polar surface area (TPSA) is 239 Å². The molecule has 2 aromatic carbocycles. The second-order valence-electron chi connectivity index (χ2n) is 20.2. The number of sulfonamides is 2. The SMILES string of the molecule is CC(C)(O)c1cnc(N2CCN(S(=O)(=O)c3ccccc3)C[C@@H]2CN2[C@@H]3COC[C@H]2[C@@H](O)C3)nc1.CC(C)(O)c1cnc(N2CCN(S(=O)(=O)c3ccccc3)C[C@@H]2CN2[C@H]3COC[C@@H]2[C@H](O)C3)nc1. The lowest BCUT2D eigenvalue weighted by Crippen LogP contribution is -2.61. The molecule has 70 heavy (non-hydrogen) atoms. The molecule has 6 saturated heterocycles. The zero-order valence-corrected chi connectivity index (χ0v) is 41.8. The molecule has 6 aliphatic heterocycles. The van der Waals surface area contributed by atoms with Crippen molar-refractivity contribution in [3.05, 3.63) is 96.6 Å². The van der Waals surface area contributed by atoms with Crippen LogP contribution in [-0.2, 0) is 40.7 Å². The summed E-state index contributed by atoms with van der Waals surface area (Å²) in [4.78, 5) is 27.3. The van der Waals surface area contributed by atoms with Crippen molar-refractivity contribution in [2.75, 3.05) is 88.6 Å². The monoisotopic (exact) mass is 1010 g/mol.